The van der Waals surface area contributed by atoms with E-state index in [9.17, 15) is 9.59 Å². The van der Waals surface area contributed by atoms with Crippen LogP contribution in [0.25, 0.3) is 0 Å². The van der Waals surface area contributed by atoms with Gasteiger partial charge in [0.25, 0.3) is 0 Å². The van der Waals surface area contributed by atoms with Gasteiger partial charge in [-0.05, 0) is 43.3 Å². The summed E-state index contributed by atoms with van der Waals surface area (Å²) >= 11 is 0. The van der Waals surface area contributed by atoms with Crippen LogP contribution in [0.2, 0.25) is 0 Å². The Morgan fingerprint density at radius 2 is 1.77 bits per heavy atom. The molecule has 0 spiro atoms. The van der Waals surface area contributed by atoms with Gasteiger partial charge in [0.2, 0.25) is 5.91 Å². The van der Waals surface area contributed by atoms with Gasteiger partial charge in [0.15, 0.2) is 0 Å². The first-order valence-electron chi connectivity index (χ1n) is 6.91. The van der Waals surface area contributed by atoms with Crippen molar-refractivity contribution in [3.8, 4) is 11.5 Å². The lowest BCUT2D eigenvalue weighted by Crippen LogP contribution is -2.09. The van der Waals surface area contributed by atoms with Gasteiger partial charge in [-0.15, -0.1) is 0 Å². The molecule has 0 aliphatic heterocycles. The smallest absolute Gasteiger partial charge is 0.343 e. The molecule has 0 aromatic heterocycles. The highest BCUT2D eigenvalue weighted by molar-refractivity contribution is 5.92. The summed E-state index contributed by atoms with van der Waals surface area (Å²) < 4.78 is 10.6. The number of ether oxygens (including phenoxy) is 2. The number of hydrogen-bond donors (Lipinski definition) is 1. The Hall–Kier alpha value is -2.82. The molecule has 0 saturated heterocycles. The zero-order valence-electron chi connectivity index (χ0n) is 12.5. The van der Waals surface area contributed by atoms with Gasteiger partial charge in [0.05, 0.1) is 12.2 Å². The minimum absolute atomic E-state index is 0.185. The molecule has 1 amide bonds. The first-order chi connectivity index (χ1) is 10.6. The Kier molecular flexibility index (Phi) is 5.14. The van der Waals surface area contributed by atoms with Crippen LogP contribution in [0.3, 0.4) is 0 Å². The van der Waals surface area contributed by atoms with Crippen molar-refractivity contribution in [2.75, 3.05) is 11.9 Å². The zero-order valence-corrected chi connectivity index (χ0v) is 12.5. The van der Waals surface area contributed by atoms with Crippen molar-refractivity contribution in [2.45, 2.75) is 13.8 Å². The molecule has 0 atom stereocenters. The van der Waals surface area contributed by atoms with E-state index in [1.165, 1.54) is 6.92 Å². The summed E-state index contributed by atoms with van der Waals surface area (Å²) in [6.45, 7) is 3.88. The molecule has 2 aromatic rings. The molecule has 0 radical (unpaired) electrons. The van der Waals surface area contributed by atoms with E-state index in [4.69, 9.17) is 9.47 Å². The molecule has 0 aliphatic rings. The standard InChI is InChI=1S/C17H17NO4/c1-3-21-15-9-7-13(8-10-15)17(20)22-16-6-4-5-14(11-16)18-12(2)19/h4-11H,3H2,1-2H3,(H,18,19). The molecular formula is C17H17NO4. The maximum Gasteiger partial charge on any atom is 0.343 e. The average Bonchev–Trinajstić information content (AvgIpc) is 2.48. The van der Waals surface area contributed by atoms with Crippen molar-refractivity contribution < 1.29 is 19.1 Å². The van der Waals surface area contributed by atoms with Crippen molar-refractivity contribution >= 4 is 17.6 Å². The number of anilines is 1. The molecule has 0 bridgehead atoms. The molecule has 2 aromatic carbocycles. The zero-order chi connectivity index (χ0) is 15.9. The van der Waals surface area contributed by atoms with Crippen LogP contribution < -0.4 is 14.8 Å². The summed E-state index contributed by atoms with van der Waals surface area (Å²) in [6, 6.07) is 13.4. The van der Waals surface area contributed by atoms with Crippen molar-refractivity contribution in [2.24, 2.45) is 0 Å². The van der Waals surface area contributed by atoms with Crippen LogP contribution in [0.1, 0.15) is 24.2 Å². The summed E-state index contributed by atoms with van der Waals surface area (Å²) in [6.07, 6.45) is 0. The predicted molar refractivity (Wildman–Crippen MR) is 83.3 cm³/mol. The van der Waals surface area contributed by atoms with Crippen molar-refractivity contribution in [1.29, 1.82) is 0 Å². The largest absolute Gasteiger partial charge is 0.494 e. The van der Waals surface area contributed by atoms with Gasteiger partial charge < -0.3 is 14.8 Å². The highest BCUT2D eigenvalue weighted by atomic mass is 16.5. The molecule has 22 heavy (non-hydrogen) atoms. The number of hydrogen-bond acceptors (Lipinski definition) is 4. The van der Waals surface area contributed by atoms with Crippen LogP contribution in [-0.4, -0.2) is 18.5 Å². The summed E-state index contributed by atoms with van der Waals surface area (Å²) in [4.78, 5) is 23.1. The number of amides is 1. The number of carbonyl (C=O) groups is 2. The molecule has 114 valence electrons. The van der Waals surface area contributed by atoms with Gasteiger partial charge in [-0.1, -0.05) is 6.07 Å². The Morgan fingerprint density at radius 1 is 1.05 bits per heavy atom. The number of esters is 1. The fourth-order valence-electron chi connectivity index (χ4n) is 1.86. The van der Waals surface area contributed by atoms with Gasteiger partial charge in [-0.3, -0.25) is 4.79 Å². The minimum Gasteiger partial charge on any atom is -0.494 e. The molecule has 0 fully saturated rings. The van der Waals surface area contributed by atoms with Gasteiger partial charge in [-0.25, -0.2) is 4.79 Å². The SMILES string of the molecule is CCOc1ccc(C(=O)Oc2cccc(NC(C)=O)c2)cc1. The van der Waals surface area contributed by atoms with E-state index in [1.807, 2.05) is 6.92 Å². The lowest BCUT2D eigenvalue weighted by molar-refractivity contribution is -0.114. The van der Waals surface area contributed by atoms with Gasteiger partial charge in [0.1, 0.15) is 11.5 Å². The number of nitrogens with one attached hydrogen (secondary N) is 1. The van der Waals surface area contributed by atoms with Gasteiger partial charge in [0, 0.05) is 18.7 Å². The van der Waals surface area contributed by atoms with E-state index in [1.54, 1.807) is 48.5 Å². The van der Waals surface area contributed by atoms with Crippen LogP contribution in [0.15, 0.2) is 48.5 Å². The molecule has 0 unspecified atom stereocenters. The van der Waals surface area contributed by atoms with E-state index >= 15 is 0 Å². The molecule has 5 heteroatoms. The summed E-state index contributed by atoms with van der Waals surface area (Å²) in [7, 11) is 0. The van der Waals surface area contributed by atoms with E-state index in [2.05, 4.69) is 5.32 Å². The lowest BCUT2D eigenvalue weighted by Gasteiger charge is -2.08. The average molecular weight is 299 g/mol. The Morgan fingerprint density at radius 3 is 2.41 bits per heavy atom. The predicted octanol–water partition coefficient (Wildman–Crippen LogP) is 3.26. The number of rotatable bonds is 5. The van der Waals surface area contributed by atoms with Crippen LogP contribution in [-0.2, 0) is 4.79 Å². The van der Waals surface area contributed by atoms with E-state index in [0.29, 0.717) is 29.4 Å². The van der Waals surface area contributed by atoms with Crippen molar-refractivity contribution in [1.82, 2.24) is 0 Å². The monoisotopic (exact) mass is 299 g/mol. The third kappa shape index (κ3) is 4.34. The third-order valence-electron chi connectivity index (χ3n) is 2.77. The van der Waals surface area contributed by atoms with E-state index in [0.717, 1.165) is 0 Å². The quantitative estimate of drug-likeness (QED) is 0.680. The van der Waals surface area contributed by atoms with Crippen LogP contribution >= 0.6 is 0 Å². The highest BCUT2D eigenvalue weighted by Crippen LogP contribution is 2.19. The van der Waals surface area contributed by atoms with Crippen LogP contribution in [0, 0.1) is 0 Å². The second-order valence-electron chi connectivity index (χ2n) is 4.56. The second-order valence-corrected chi connectivity index (χ2v) is 4.56. The first-order valence-corrected chi connectivity index (χ1v) is 6.91. The van der Waals surface area contributed by atoms with Gasteiger partial charge >= 0.3 is 5.97 Å². The molecular weight excluding hydrogens is 282 g/mol. The topological polar surface area (TPSA) is 64.6 Å². The molecule has 0 aliphatic carbocycles. The molecule has 1 N–H and O–H groups in total. The highest BCUT2D eigenvalue weighted by Gasteiger charge is 2.09. The fraction of sp³-hybridized carbons (Fsp3) is 0.176. The van der Waals surface area contributed by atoms with Crippen LogP contribution in [0.4, 0.5) is 5.69 Å². The third-order valence-corrected chi connectivity index (χ3v) is 2.77. The summed E-state index contributed by atoms with van der Waals surface area (Å²) in [5, 5.41) is 2.63. The first kappa shape index (κ1) is 15.6. The molecule has 0 saturated carbocycles. The summed E-state index contributed by atoms with van der Waals surface area (Å²) in [5.74, 6) is 0.412. The number of carbonyl (C=O) groups excluding carboxylic acids is 2. The Bertz CT molecular complexity index is 665. The van der Waals surface area contributed by atoms with Crippen LogP contribution in [0.5, 0.6) is 11.5 Å². The van der Waals surface area contributed by atoms with E-state index in [-0.39, 0.29) is 5.91 Å². The van der Waals surface area contributed by atoms with Gasteiger partial charge in [-0.2, -0.15) is 0 Å². The lowest BCUT2D eigenvalue weighted by atomic mass is 10.2. The summed E-state index contributed by atoms with van der Waals surface area (Å²) in [5.41, 5.74) is 0.998. The maximum absolute atomic E-state index is 12.1. The van der Waals surface area contributed by atoms with Crippen molar-refractivity contribution in [3.63, 3.8) is 0 Å². The number of benzene rings is 2. The van der Waals surface area contributed by atoms with Crippen molar-refractivity contribution in [3.05, 3.63) is 54.1 Å². The maximum atomic E-state index is 12.1. The minimum atomic E-state index is -0.469. The Balaban J connectivity index is 2.06. The molecule has 0 heterocycles. The normalized spacial score (nSPS) is 9.91. The molecule has 5 nitrogen and oxygen atoms in total. The second kappa shape index (κ2) is 7.26. The molecule has 2 rings (SSSR count). The van der Waals surface area contributed by atoms with E-state index < -0.39 is 5.97 Å². The fourth-order valence-corrected chi connectivity index (χ4v) is 1.86. The Labute approximate surface area is 128 Å².